The molecule has 0 aromatic heterocycles. The van der Waals surface area contributed by atoms with Gasteiger partial charge in [0.2, 0.25) is 5.91 Å². The fraction of sp³-hybridized carbons (Fsp3) is 0.500. The Labute approximate surface area is 124 Å². The largest absolute Gasteiger partial charge is 0.384 e. The van der Waals surface area contributed by atoms with Crippen LogP contribution in [0.3, 0.4) is 0 Å². The quantitative estimate of drug-likeness (QED) is 0.800. The van der Waals surface area contributed by atoms with E-state index < -0.39 is 0 Å². The van der Waals surface area contributed by atoms with Gasteiger partial charge >= 0.3 is 0 Å². The Hall–Kier alpha value is -0.930. The summed E-state index contributed by atoms with van der Waals surface area (Å²) in [5, 5.41) is 7.07. The first-order chi connectivity index (χ1) is 8.99. The molecule has 1 amide bonds. The highest BCUT2D eigenvalue weighted by atomic mass is 35.5. The lowest BCUT2D eigenvalue weighted by Crippen LogP contribution is -2.27. The van der Waals surface area contributed by atoms with Crippen molar-refractivity contribution in [1.29, 1.82) is 0 Å². The molecule has 1 rings (SSSR count). The van der Waals surface area contributed by atoms with E-state index in [0.717, 1.165) is 18.7 Å². The van der Waals surface area contributed by atoms with Gasteiger partial charge in [-0.15, -0.1) is 0 Å². The smallest absolute Gasteiger partial charge is 0.221 e. The second-order valence-electron chi connectivity index (χ2n) is 4.84. The Morgan fingerprint density at radius 2 is 1.95 bits per heavy atom. The van der Waals surface area contributed by atoms with Crippen LogP contribution in [0.4, 0.5) is 5.69 Å². The second kappa shape index (κ2) is 8.28. The maximum absolute atomic E-state index is 11.5. The van der Waals surface area contributed by atoms with Crippen LogP contribution in [-0.4, -0.2) is 19.0 Å². The lowest BCUT2D eigenvalue weighted by molar-refractivity contribution is -0.120. The summed E-state index contributed by atoms with van der Waals surface area (Å²) in [6.07, 6.45) is 1.45. The predicted octanol–water partition coefficient (Wildman–Crippen LogP) is 3.96. The molecular weight excluding hydrogens is 283 g/mol. The maximum Gasteiger partial charge on any atom is 0.221 e. The van der Waals surface area contributed by atoms with Crippen LogP contribution in [0.2, 0.25) is 10.0 Å². The fourth-order valence-electron chi connectivity index (χ4n) is 1.52. The summed E-state index contributed by atoms with van der Waals surface area (Å²) in [6, 6.07) is 5.32. The molecule has 1 aromatic rings. The molecule has 19 heavy (non-hydrogen) atoms. The van der Waals surface area contributed by atoms with E-state index >= 15 is 0 Å². The Bertz CT molecular complexity index is 422. The van der Waals surface area contributed by atoms with Gasteiger partial charge in [0, 0.05) is 25.2 Å². The van der Waals surface area contributed by atoms with Gasteiger partial charge < -0.3 is 10.6 Å². The van der Waals surface area contributed by atoms with Gasteiger partial charge in [-0.25, -0.2) is 0 Å². The number of carbonyl (C=O) groups excluding carboxylic acids is 1. The monoisotopic (exact) mass is 302 g/mol. The SMILES string of the molecule is CC(C)CCNC(=O)CCNc1ccc(Cl)c(Cl)c1. The molecule has 0 spiro atoms. The number of anilines is 1. The number of rotatable bonds is 7. The molecule has 0 saturated carbocycles. The van der Waals surface area contributed by atoms with Crippen LogP contribution < -0.4 is 10.6 Å². The van der Waals surface area contributed by atoms with E-state index in [1.807, 2.05) is 6.07 Å². The number of hydrogen-bond acceptors (Lipinski definition) is 2. The van der Waals surface area contributed by atoms with Crippen molar-refractivity contribution < 1.29 is 4.79 Å². The summed E-state index contributed by atoms with van der Waals surface area (Å²) in [4.78, 5) is 11.5. The zero-order valence-electron chi connectivity index (χ0n) is 11.3. The molecular formula is C14H20Cl2N2O. The van der Waals surface area contributed by atoms with Crippen molar-refractivity contribution in [2.75, 3.05) is 18.4 Å². The molecule has 0 aliphatic heterocycles. The summed E-state index contributed by atoms with van der Waals surface area (Å²) in [7, 11) is 0. The highest BCUT2D eigenvalue weighted by Gasteiger charge is 2.02. The molecule has 0 unspecified atom stereocenters. The summed E-state index contributed by atoms with van der Waals surface area (Å²) in [5.74, 6) is 0.669. The first kappa shape index (κ1) is 16.1. The summed E-state index contributed by atoms with van der Waals surface area (Å²) in [6.45, 7) is 5.59. The molecule has 2 N–H and O–H groups in total. The van der Waals surface area contributed by atoms with Gasteiger partial charge in [-0.1, -0.05) is 37.0 Å². The van der Waals surface area contributed by atoms with Crippen LogP contribution in [0.1, 0.15) is 26.7 Å². The van der Waals surface area contributed by atoms with Gasteiger partial charge in [-0.05, 0) is 30.5 Å². The zero-order chi connectivity index (χ0) is 14.3. The zero-order valence-corrected chi connectivity index (χ0v) is 12.8. The third-order valence-corrected chi connectivity index (χ3v) is 3.38. The van der Waals surface area contributed by atoms with Gasteiger partial charge in [0.1, 0.15) is 0 Å². The lowest BCUT2D eigenvalue weighted by Gasteiger charge is -2.09. The van der Waals surface area contributed by atoms with E-state index in [1.54, 1.807) is 12.1 Å². The van der Waals surface area contributed by atoms with Crippen LogP contribution in [0.15, 0.2) is 18.2 Å². The number of amides is 1. The number of benzene rings is 1. The average Bonchev–Trinajstić information content (AvgIpc) is 2.33. The Morgan fingerprint density at radius 1 is 1.21 bits per heavy atom. The van der Waals surface area contributed by atoms with Gasteiger partial charge in [0.25, 0.3) is 0 Å². The molecule has 0 aliphatic carbocycles. The highest BCUT2D eigenvalue weighted by molar-refractivity contribution is 6.42. The average molecular weight is 303 g/mol. The molecule has 0 radical (unpaired) electrons. The van der Waals surface area contributed by atoms with Crippen LogP contribution in [0.25, 0.3) is 0 Å². The van der Waals surface area contributed by atoms with Crippen molar-refractivity contribution in [3.63, 3.8) is 0 Å². The van der Waals surface area contributed by atoms with Crippen LogP contribution in [-0.2, 0) is 4.79 Å². The van der Waals surface area contributed by atoms with Crippen LogP contribution in [0, 0.1) is 5.92 Å². The minimum Gasteiger partial charge on any atom is -0.384 e. The molecule has 5 heteroatoms. The van der Waals surface area contributed by atoms with Gasteiger partial charge in [0.05, 0.1) is 10.0 Å². The second-order valence-corrected chi connectivity index (χ2v) is 5.65. The van der Waals surface area contributed by atoms with Gasteiger partial charge in [-0.3, -0.25) is 4.79 Å². The molecule has 106 valence electrons. The molecule has 0 bridgehead atoms. The highest BCUT2D eigenvalue weighted by Crippen LogP contribution is 2.24. The first-order valence-corrected chi connectivity index (χ1v) is 7.20. The van der Waals surface area contributed by atoms with Gasteiger partial charge in [-0.2, -0.15) is 0 Å². The summed E-state index contributed by atoms with van der Waals surface area (Å²) < 4.78 is 0. The van der Waals surface area contributed by atoms with E-state index in [2.05, 4.69) is 24.5 Å². The van der Waals surface area contributed by atoms with E-state index in [4.69, 9.17) is 23.2 Å². The molecule has 0 heterocycles. The number of carbonyl (C=O) groups is 1. The summed E-state index contributed by atoms with van der Waals surface area (Å²) >= 11 is 11.7. The molecule has 3 nitrogen and oxygen atoms in total. The predicted molar refractivity (Wildman–Crippen MR) is 82.0 cm³/mol. The van der Waals surface area contributed by atoms with Gasteiger partial charge in [0.15, 0.2) is 0 Å². The lowest BCUT2D eigenvalue weighted by atomic mass is 10.1. The van der Waals surface area contributed by atoms with E-state index in [-0.39, 0.29) is 5.91 Å². The summed E-state index contributed by atoms with van der Waals surface area (Å²) in [5.41, 5.74) is 0.865. The van der Waals surface area contributed by atoms with Crippen molar-refractivity contribution >= 4 is 34.8 Å². The topological polar surface area (TPSA) is 41.1 Å². The fourth-order valence-corrected chi connectivity index (χ4v) is 1.81. The minimum atomic E-state index is 0.0632. The van der Waals surface area contributed by atoms with Crippen molar-refractivity contribution in [1.82, 2.24) is 5.32 Å². The maximum atomic E-state index is 11.5. The molecule has 0 aliphatic rings. The van der Waals surface area contributed by atoms with E-state index in [9.17, 15) is 4.79 Å². The first-order valence-electron chi connectivity index (χ1n) is 6.44. The standard InChI is InChI=1S/C14H20Cl2N2O/c1-10(2)5-7-18-14(19)6-8-17-11-3-4-12(15)13(16)9-11/h3-4,9-10,17H,5-8H2,1-2H3,(H,18,19). The minimum absolute atomic E-state index is 0.0632. The van der Waals surface area contributed by atoms with Crippen molar-refractivity contribution in [3.05, 3.63) is 28.2 Å². The normalized spacial score (nSPS) is 10.6. The number of hydrogen-bond donors (Lipinski definition) is 2. The molecule has 0 atom stereocenters. The number of halogens is 2. The van der Waals surface area contributed by atoms with Crippen LogP contribution >= 0.6 is 23.2 Å². The van der Waals surface area contributed by atoms with Crippen molar-refractivity contribution in [2.45, 2.75) is 26.7 Å². The van der Waals surface area contributed by atoms with Crippen molar-refractivity contribution in [3.8, 4) is 0 Å². The Morgan fingerprint density at radius 3 is 2.58 bits per heavy atom. The third kappa shape index (κ3) is 6.69. The van der Waals surface area contributed by atoms with Crippen molar-refractivity contribution in [2.24, 2.45) is 5.92 Å². The molecule has 0 saturated heterocycles. The Kier molecular flexibility index (Phi) is 7.03. The molecule has 1 aromatic carbocycles. The number of nitrogens with one attached hydrogen (secondary N) is 2. The van der Waals surface area contributed by atoms with E-state index in [0.29, 0.717) is 28.9 Å². The Balaban J connectivity index is 2.22. The molecule has 0 fully saturated rings. The third-order valence-electron chi connectivity index (χ3n) is 2.64. The van der Waals surface area contributed by atoms with E-state index in [1.165, 1.54) is 0 Å². The van der Waals surface area contributed by atoms with Crippen LogP contribution in [0.5, 0.6) is 0 Å².